The zero-order chi connectivity index (χ0) is 14.4. The Labute approximate surface area is 122 Å². The number of carbonyl (C=O) groups excluding carboxylic acids is 1. The minimum absolute atomic E-state index is 0.160. The summed E-state index contributed by atoms with van der Waals surface area (Å²) in [5, 5.41) is 3.08. The van der Waals surface area contributed by atoms with Gasteiger partial charge in [-0.1, -0.05) is 37.3 Å². The molecule has 0 bridgehead atoms. The summed E-state index contributed by atoms with van der Waals surface area (Å²) in [6, 6.07) is 10.7. The molecule has 20 heavy (non-hydrogen) atoms. The molecule has 2 atom stereocenters. The number of nitrogens with one attached hydrogen (secondary N) is 1. The highest BCUT2D eigenvalue weighted by Gasteiger charge is 2.18. The maximum Gasteiger partial charge on any atom is 0.220 e. The molecule has 1 heterocycles. The summed E-state index contributed by atoms with van der Waals surface area (Å²) in [6.45, 7) is 7.43. The van der Waals surface area contributed by atoms with Crippen LogP contribution in [0.4, 0.5) is 0 Å². The van der Waals surface area contributed by atoms with Gasteiger partial charge in [0, 0.05) is 19.0 Å². The van der Waals surface area contributed by atoms with E-state index < -0.39 is 0 Å². The lowest BCUT2D eigenvalue weighted by atomic mass is 9.97. The summed E-state index contributed by atoms with van der Waals surface area (Å²) < 4.78 is 0. The minimum atomic E-state index is 0.160. The van der Waals surface area contributed by atoms with Crippen molar-refractivity contribution in [2.75, 3.05) is 19.6 Å². The lowest BCUT2D eigenvalue weighted by Crippen LogP contribution is -2.40. The molecule has 1 aliphatic rings. The van der Waals surface area contributed by atoms with E-state index in [2.05, 4.69) is 36.2 Å². The van der Waals surface area contributed by atoms with Crippen molar-refractivity contribution in [3.63, 3.8) is 0 Å². The van der Waals surface area contributed by atoms with Gasteiger partial charge in [0.15, 0.2) is 0 Å². The zero-order valence-corrected chi connectivity index (χ0v) is 12.6. The molecular weight excluding hydrogens is 248 g/mol. The lowest BCUT2D eigenvalue weighted by molar-refractivity contribution is -0.121. The van der Waals surface area contributed by atoms with Crippen LogP contribution in [0, 0.1) is 0 Å². The van der Waals surface area contributed by atoms with Crippen molar-refractivity contribution in [1.82, 2.24) is 10.2 Å². The maximum absolute atomic E-state index is 12.0. The molecule has 0 radical (unpaired) electrons. The van der Waals surface area contributed by atoms with Crippen LogP contribution in [0.5, 0.6) is 0 Å². The van der Waals surface area contributed by atoms with Crippen LogP contribution in [-0.4, -0.2) is 36.5 Å². The number of hydrogen-bond donors (Lipinski definition) is 1. The van der Waals surface area contributed by atoms with Gasteiger partial charge in [-0.05, 0) is 44.3 Å². The number of rotatable bonds is 6. The molecule has 1 fully saturated rings. The Morgan fingerprint density at radius 2 is 1.85 bits per heavy atom. The van der Waals surface area contributed by atoms with E-state index in [0.717, 1.165) is 6.54 Å². The Morgan fingerprint density at radius 3 is 2.50 bits per heavy atom. The van der Waals surface area contributed by atoms with E-state index in [1.165, 1.54) is 31.5 Å². The zero-order valence-electron chi connectivity index (χ0n) is 12.6. The Balaban J connectivity index is 1.72. The number of carbonyl (C=O) groups is 1. The summed E-state index contributed by atoms with van der Waals surface area (Å²) in [5.41, 5.74) is 1.23. The first-order valence-electron chi connectivity index (χ1n) is 7.72. The van der Waals surface area contributed by atoms with Crippen molar-refractivity contribution < 1.29 is 4.79 Å². The third-order valence-electron chi connectivity index (χ3n) is 4.22. The van der Waals surface area contributed by atoms with Crippen LogP contribution >= 0.6 is 0 Å². The molecule has 2 rings (SSSR count). The van der Waals surface area contributed by atoms with Gasteiger partial charge in [0.1, 0.15) is 0 Å². The topological polar surface area (TPSA) is 32.3 Å². The van der Waals surface area contributed by atoms with Crippen LogP contribution in [0.2, 0.25) is 0 Å². The first kappa shape index (κ1) is 15.0. The van der Waals surface area contributed by atoms with Crippen LogP contribution in [0.3, 0.4) is 0 Å². The molecular formula is C17H26N2O. The Morgan fingerprint density at radius 1 is 1.20 bits per heavy atom. The van der Waals surface area contributed by atoms with Crippen molar-refractivity contribution in [3.8, 4) is 0 Å². The predicted molar refractivity (Wildman–Crippen MR) is 82.8 cm³/mol. The van der Waals surface area contributed by atoms with Crippen molar-refractivity contribution in [3.05, 3.63) is 35.9 Å². The molecule has 0 spiro atoms. The van der Waals surface area contributed by atoms with Crippen molar-refractivity contribution in [1.29, 1.82) is 0 Å². The van der Waals surface area contributed by atoms with Crippen LogP contribution < -0.4 is 5.32 Å². The normalized spacial score (nSPS) is 18.7. The quantitative estimate of drug-likeness (QED) is 0.865. The summed E-state index contributed by atoms with van der Waals surface area (Å²) >= 11 is 0. The molecule has 3 heteroatoms. The highest BCUT2D eigenvalue weighted by atomic mass is 16.1. The highest BCUT2D eigenvalue weighted by molar-refractivity contribution is 5.76. The van der Waals surface area contributed by atoms with Gasteiger partial charge in [-0.2, -0.15) is 0 Å². The standard InChI is InChI=1S/C17H26N2O/c1-14(16-8-4-3-5-9-16)12-17(20)18-13-15(2)19-10-6-7-11-19/h3-5,8-9,14-15H,6-7,10-13H2,1-2H3,(H,18,20). The van der Waals surface area contributed by atoms with E-state index in [1.54, 1.807) is 0 Å². The lowest BCUT2D eigenvalue weighted by Gasteiger charge is -2.24. The third kappa shape index (κ3) is 4.34. The Bertz CT molecular complexity index is 412. The molecule has 0 saturated carbocycles. The number of amides is 1. The van der Waals surface area contributed by atoms with Crippen molar-refractivity contribution >= 4 is 5.91 Å². The predicted octanol–water partition coefficient (Wildman–Crippen LogP) is 2.78. The number of likely N-dealkylation sites (tertiary alicyclic amines) is 1. The fraction of sp³-hybridized carbons (Fsp3) is 0.588. The molecule has 1 aromatic rings. The average molecular weight is 274 g/mol. The third-order valence-corrected chi connectivity index (χ3v) is 4.22. The molecule has 110 valence electrons. The summed E-state index contributed by atoms with van der Waals surface area (Å²) in [7, 11) is 0. The molecule has 0 aliphatic carbocycles. The number of nitrogens with zero attached hydrogens (tertiary/aromatic N) is 1. The van der Waals surface area contributed by atoms with Crippen LogP contribution in [0.25, 0.3) is 0 Å². The van der Waals surface area contributed by atoms with Gasteiger partial charge in [0.2, 0.25) is 5.91 Å². The fourth-order valence-corrected chi connectivity index (χ4v) is 2.82. The second kappa shape index (κ2) is 7.44. The van der Waals surface area contributed by atoms with E-state index in [0.29, 0.717) is 12.5 Å². The van der Waals surface area contributed by atoms with Gasteiger partial charge in [-0.15, -0.1) is 0 Å². The minimum Gasteiger partial charge on any atom is -0.355 e. The summed E-state index contributed by atoms with van der Waals surface area (Å²) in [4.78, 5) is 14.5. The van der Waals surface area contributed by atoms with Gasteiger partial charge in [-0.3, -0.25) is 9.69 Å². The van der Waals surface area contributed by atoms with E-state index >= 15 is 0 Å². The molecule has 1 amide bonds. The summed E-state index contributed by atoms with van der Waals surface area (Å²) in [6.07, 6.45) is 3.16. The fourth-order valence-electron chi connectivity index (χ4n) is 2.82. The Kier molecular flexibility index (Phi) is 5.60. The average Bonchev–Trinajstić information content (AvgIpc) is 3.00. The van der Waals surface area contributed by atoms with Crippen molar-refractivity contribution in [2.24, 2.45) is 0 Å². The van der Waals surface area contributed by atoms with E-state index in [1.807, 2.05) is 18.2 Å². The first-order chi connectivity index (χ1) is 9.66. The molecule has 1 aliphatic heterocycles. The van der Waals surface area contributed by atoms with E-state index in [4.69, 9.17) is 0 Å². The number of hydrogen-bond acceptors (Lipinski definition) is 2. The van der Waals surface area contributed by atoms with E-state index in [-0.39, 0.29) is 11.8 Å². The molecule has 2 unspecified atom stereocenters. The van der Waals surface area contributed by atoms with Crippen LogP contribution in [0.1, 0.15) is 44.6 Å². The van der Waals surface area contributed by atoms with Crippen LogP contribution in [0.15, 0.2) is 30.3 Å². The highest BCUT2D eigenvalue weighted by Crippen LogP contribution is 2.18. The smallest absolute Gasteiger partial charge is 0.220 e. The summed E-state index contributed by atoms with van der Waals surface area (Å²) in [5.74, 6) is 0.436. The largest absolute Gasteiger partial charge is 0.355 e. The van der Waals surface area contributed by atoms with Gasteiger partial charge in [0.25, 0.3) is 0 Å². The second-order valence-corrected chi connectivity index (χ2v) is 5.91. The number of benzene rings is 1. The van der Waals surface area contributed by atoms with Crippen molar-refractivity contribution in [2.45, 2.75) is 45.1 Å². The molecule has 1 N–H and O–H groups in total. The second-order valence-electron chi connectivity index (χ2n) is 5.91. The molecule has 1 saturated heterocycles. The molecule has 1 aromatic carbocycles. The molecule has 0 aromatic heterocycles. The maximum atomic E-state index is 12.0. The van der Waals surface area contributed by atoms with Gasteiger partial charge < -0.3 is 5.32 Å². The van der Waals surface area contributed by atoms with Gasteiger partial charge >= 0.3 is 0 Å². The first-order valence-corrected chi connectivity index (χ1v) is 7.72. The van der Waals surface area contributed by atoms with Crippen LogP contribution in [-0.2, 0) is 4.79 Å². The van der Waals surface area contributed by atoms with Gasteiger partial charge in [-0.25, -0.2) is 0 Å². The monoisotopic (exact) mass is 274 g/mol. The van der Waals surface area contributed by atoms with Gasteiger partial charge in [0.05, 0.1) is 0 Å². The molecule has 3 nitrogen and oxygen atoms in total. The SMILES string of the molecule is CC(CC(=O)NCC(C)N1CCCC1)c1ccccc1. The van der Waals surface area contributed by atoms with E-state index in [9.17, 15) is 4.79 Å². The Hall–Kier alpha value is -1.35.